The van der Waals surface area contributed by atoms with Gasteiger partial charge in [-0.1, -0.05) is 35.5 Å². The highest BCUT2D eigenvalue weighted by Gasteiger charge is 2.37. The summed E-state index contributed by atoms with van der Waals surface area (Å²) in [7, 11) is 0. The van der Waals surface area contributed by atoms with Gasteiger partial charge in [-0.05, 0) is 52.8 Å². The molecule has 2 aromatic carbocycles. The van der Waals surface area contributed by atoms with E-state index in [9.17, 15) is 10.2 Å². The fraction of sp³-hybridized carbons (Fsp3) is 0.263. The molecule has 0 radical (unpaired) electrons. The third-order valence-electron chi connectivity index (χ3n) is 4.24. The Bertz CT molecular complexity index is 861. The lowest BCUT2D eigenvalue weighted by molar-refractivity contribution is 0.0794. The highest BCUT2D eigenvalue weighted by atomic mass is 79.9. The molecule has 1 aliphatic heterocycles. The van der Waals surface area contributed by atoms with Crippen LogP contribution in [0.3, 0.4) is 0 Å². The fourth-order valence-corrected chi connectivity index (χ4v) is 3.70. The van der Waals surface area contributed by atoms with Crippen molar-refractivity contribution in [2.45, 2.75) is 18.9 Å². The van der Waals surface area contributed by atoms with Crippen molar-refractivity contribution in [1.29, 1.82) is 0 Å². The third-order valence-corrected chi connectivity index (χ3v) is 5.13. The molecular weight excluding hydrogens is 430 g/mol. The van der Waals surface area contributed by atoms with Crippen LogP contribution in [0.2, 0.25) is 0 Å². The number of nitrogens with one attached hydrogen (secondary N) is 2. The quantitative estimate of drug-likeness (QED) is 0.414. The molecule has 0 spiro atoms. The maximum atomic E-state index is 10.5. The van der Waals surface area contributed by atoms with Crippen LogP contribution in [0, 0.1) is 0 Å². The summed E-state index contributed by atoms with van der Waals surface area (Å²) >= 11 is 8.49. The molecule has 0 aliphatic carbocycles. The molecule has 0 saturated carbocycles. The number of halogens is 1. The van der Waals surface area contributed by atoms with Gasteiger partial charge in [0.15, 0.2) is 11.2 Å². The van der Waals surface area contributed by atoms with Crippen molar-refractivity contribution in [2.75, 3.05) is 13.1 Å². The summed E-state index contributed by atoms with van der Waals surface area (Å²) in [4.78, 5) is 5.68. The maximum Gasteiger partial charge on any atom is 0.166 e. The van der Waals surface area contributed by atoms with Gasteiger partial charge in [0.05, 0.1) is 16.9 Å². The summed E-state index contributed by atoms with van der Waals surface area (Å²) in [6.45, 7) is 3.14. The van der Waals surface area contributed by atoms with E-state index >= 15 is 0 Å². The minimum atomic E-state index is -0.320. The molecule has 0 aromatic heterocycles. The van der Waals surface area contributed by atoms with Crippen LogP contribution in [0.4, 0.5) is 0 Å². The molecule has 0 amide bonds. The maximum absolute atomic E-state index is 10.5. The molecule has 27 heavy (non-hydrogen) atoms. The van der Waals surface area contributed by atoms with Crippen molar-refractivity contribution < 1.29 is 15.1 Å². The first-order chi connectivity index (χ1) is 13.0. The first-order valence-electron chi connectivity index (χ1n) is 8.53. The van der Waals surface area contributed by atoms with E-state index in [-0.39, 0.29) is 23.5 Å². The van der Waals surface area contributed by atoms with Gasteiger partial charge in [-0.25, -0.2) is 0 Å². The smallest absolute Gasteiger partial charge is 0.166 e. The molecular formula is C19H20BrN3O3S. The second kappa shape index (κ2) is 8.58. The van der Waals surface area contributed by atoms with E-state index in [1.54, 1.807) is 0 Å². The van der Waals surface area contributed by atoms with Gasteiger partial charge in [0.25, 0.3) is 0 Å². The highest BCUT2D eigenvalue weighted by Crippen LogP contribution is 2.39. The average molecular weight is 450 g/mol. The third kappa shape index (κ3) is 4.33. The van der Waals surface area contributed by atoms with E-state index in [1.165, 1.54) is 12.1 Å². The first-order valence-corrected chi connectivity index (χ1v) is 9.73. The minimum absolute atomic E-state index is 0.00728. The second-order valence-electron chi connectivity index (χ2n) is 6.07. The topological polar surface area (TPSA) is 86.1 Å². The summed E-state index contributed by atoms with van der Waals surface area (Å²) in [5, 5.41) is 31.4. The lowest BCUT2D eigenvalue weighted by Gasteiger charge is -2.21. The SMILES string of the molecule is CCNC(=S)NCC1ON=C(c2cc(O)cc(Br)c2O)C1c1ccccc1. The number of oxime groups is 1. The molecule has 2 unspecified atom stereocenters. The van der Waals surface area contributed by atoms with Crippen molar-refractivity contribution in [3.63, 3.8) is 0 Å². The number of hydrogen-bond donors (Lipinski definition) is 4. The van der Waals surface area contributed by atoms with Crippen molar-refractivity contribution >= 4 is 39.0 Å². The molecule has 1 aliphatic rings. The molecule has 0 fully saturated rings. The molecule has 0 saturated heterocycles. The van der Waals surface area contributed by atoms with Crippen LogP contribution >= 0.6 is 28.1 Å². The Labute approximate surface area is 171 Å². The van der Waals surface area contributed by atoms with Gasteiger partial charge >= 0.3 is 0 Å². The van der Waals surface area contributed by atoms with E-state index in [0.29, 0.717) is 27.4 Å². The van der Waals surface area contributed by atoms with E-state index in [0.717, 1.165) is 12.1 Å². The zero-order valence-electron chi connectivity index (χ0n) is 14.6. The van der Waals surface area contributed by atoms with Gasteiger partial charge in [0.2, 0.25) is 0 Å². The monoisotopic (exact) mass is 449 g/mol. The summed E-state index contributed by atoms with van der Waals surface area (Å²) in [6, 6.07) is 12.7. The Morgan fingerprint density at radius 3 is 2.67 bits per heavy atom. The molecule has 2 atom stereocenters. The minimum Gasteiger partial charge on any atom is -0.508 e. The summed E-state index contributed by atoms with van der Waals surface area (Å²) < 4.78 is 0.391. The second-order valence-corrected chi connectivity index (χ2v) is 7.34. The Morgan fingerprint density at radius 1 is 1.22 bits per heavy atom. The average Bonchev–Trinajstić information content (AvgIpc) is 3.07. The molecule has 4 N–H and O–H groups in total. The zero-order valence-corrected chi connectivity index (χ0v) is 17.0. The van der Waals surface area contributed by atoms with Crippen molar-refractivity contribution in [3.8, 4) is 11.5 Å². The van der Waals surface area contributed by atoms with E-state index < -0.39 is 0 Å². The first kappa shape index (κ1) is 19.4. The van der Waals surface area contributed by atoms with Gasteiger partial charge in [-0.15, -0.1) is 0 Å². The van der Waals surface area contributed by atoms with Gasteiger partial charge < -0.3 is 25.7 Å². The van der Waals surface area contributed by atoms with Gasteiger partial charge in [-0.2, -0.15) is 0 Å². The zero-order chi connectivity index (χ0) is 19.4. The predicted octanol–water partition coefficient (Wildman–Crippen LogP) is 3.23. The standard InChI is InChI=1S/C19H20BrN3O3S/c1-2-21-19(27)22-10-15-16(11-6-4-3-5-7-11)17(23-26-15)13-8-12(24)9-14(20)18(13)25/h3-9,15-16,24-25H,2,10H2,1H3,(H2,21,22,27). The van der Waals surface area contributed by atoms with E-state index in [4.69, 9.17) is 17.1 Å². The van der Waals surface area contributed by atoms with Crippen molar-refractivity contribution in [1.82, 2.24) is 10.6 Å². The molecule has 142 valence electrons. The molecule has 6 nitrogen and oxygen atoms in total. The van der Waals surface area contributed by atoms with Crippen LogP contribution in [0.5, 0.6) is 11.5 Å². The Balaban J connectivity index is 1.93. The number of nitrogens with zero attached hydrogens (tertiary/aromatic N) is 1. The molecule has 8 heteroatoms. The number of phenolic OH excluding ortho intramolecular Hbond substituents is 2. The van der Waals surface area contributed by atoms with E-state index in [1.807, 2.05) is 37.3 Å². The van der Waals surface area contributed by atoms with E-state index in [2.05, 4.69) is 31.7 Å². The van der Waals surface area contributed by atoms with Crippen LogP contribution in [-0.2, 0) is 4.84 Å². The number of hydrogen-bond acceptors (Lipinski definition) is 5. The summed E-state index contributed by atoms with van der Waals surface area (Å²) in [5.41, 5.74) is 1.97. The normalized spacial score (nSPS) is 18.5. The van der Waals surface area contributed by atoms with Crippen molar-refractivity contribution in [3.05, 3.63) is 58.1 Å². The number of phenols is 2. The summed E-state index contributed by atoms with van der Waals surface area (Å²) in [5.74, 6) is -0.199. The molecule has 2 aromatic rings. The highest BCUT2D eigenvalue weighted by molar-refractivity contribution is 9.10. The number of aromatic hydroxyl groups is 2. The van der Waals surface area contributed by atoms with Gasteiger partial charge in [-0.3, -0.25) is 0 Å². The van der Waals surface area contributed by atoms with Crippen molar-refractivity contribution in [2.24, 2.45) is 5.16 Å². The Morgan fingerprint density at radius 2 is 1.96 bits per heavy atom. The van der Waals surface area contributed by atoms with Crippen LogP contribution < -0.4 is 10.6 Å². The fourth-order valence-electron chi connectivity index (χ4n) is 3.02. The number of benzene rings is 2. The largest absolute Gasteiger partial charge is 0.508 e. The van der Waals surface area contributed by atoms with Crippen LogP contribution in [0.25, 0.3) is 0 Å². The molecule has 3 rings (SSSR count). The van der Waals surface area contributed by atoms with Crippen LogP contribution in [0.1, 0.15) is 24.0 Å². The molecule has 0 bridgehead atoms. The Kier molecular flexibility index (Phi) is 6.18. The number of rotatable bonds is 5. The van der Waals surface area contributed by atoms with Gasteiger partial charge in [0.1, 0.15) is 17.2 Å². The van der Waals surface area contributed by atoms with Crippen LogP contribution in [-0.4, -0.2) is 40.2 Å². The summed E-state index contributed by atoms with van der Waals surface area (Å²) in [6.07, 6.45) is -0.320. The Hall–Kier alpha value is -2.32. The lowest BCUT2D eigenvalue weighted by Crippen LogP contribution is -2.41. The lowest BCUT2D eigenvalue weighted by atomic mass is 9.85. The number of thiocarbonyl (C=S) groups is 1. The van der Waals surface area contributed by atoms with Gasteiger partial charge in [0, 0.05) is 12.1 Å². The molecule has 1 heterocycles. The van der Waals surface area contributed by atoms with Crippen LogP contribution in [0.15, 0.2) is 52.1 Å². The predicted molar refractivity (Wildman–Crippen MR) is 112 cm³/mol.